The molecular weight excluding hydrogens is 324 g/mol. The molecular formula is C16H15N6OS+. The summed E-state index contributed by atoms with van der Waals surface area (Å²) in [6.07, 6.45) is 0. The van der Waals surface area contributed by atoms with Crippen LogP contribution < -0.4 is 4.52 Å². The van der Waals surface area contributed by atoms with Crippen LogP contribution in [0.15, 0.2) is 45.0 Å². The van der Waals surface area contributed by atoms with Crippen molar-refractivity contribution in [1.82, 2.24) is 25.3 Å². The van der Waals surface area contributed by atoms with Gasteiger partial charge in [-0.15, -0.1) is 14.7 Å². The minimum atomic E-state index is 0.472. The highest BCUT2D eigenvalue weighted by Gasteiger charge is 2.19. The smallest absolute Gasteiger partial charge is 0.411 e. The molecule has 0 aliphatic heterocycles. The van der Waals surface area contributed by atoms with Gasteiger partial charge in [0.1, 0.15) is 5.69 Å². The van der Waals surface area contributed by atoms with Gasteiger partial charge in [-0.3, -0.25) is 0 Å². The van der Waals surface area contributed by atoms with Crippen LogP contribution in [0.25, 0.3) is 17.2 Å². The van der Waals surface area contributed by atoms with E-state index < -0.39 is 0 Å². The van der Waals surface area contributed by atoms with Gasteiger partial charge in [0.15, 0.2) is 5.03 Å². The minimum absolute atomic E-state index is 0.472. The van der Waals surface area contributed by atoms with Crippen molar-refractivity contribution >= 4 is 17.5 Å². The van der Waals surface area contributed by atoms with E-state index in [1.165, 1.54) is 11.8 Å². The van der Waals surface area contributed by atoms with E-state index >= 15 is 0 Å². The third-order valence-corrected chi connectivity index (χ3v) is 4.39. The first kappa shape index (κ1) is 14.8. The molecule has 0 radical (unpaired) electrons. The SMILES string of the molecule is Cc1cc(Sc2nnc(-c3ccccc3C)o2)[n+]2[nH]c(C)nc2n1. The highest BCUT2D eigenvalue weighted by Crippen LogP contribution is 2.28. The molecule has 4 rings (SSSR count). The molecule has 0 aliphatic carbocycles. The average molecular weight is 339 g/mol. The standard InChI is InChI=1S/C16H14N6OS/c1-9-6-4-5-7-12(9)14-19-20-16(23-14)24-13-8-10(2)17-15-18-11(3)21-22(13)15/h4-8H,1-3H3/p+1. The number of nitrogens with one attached hydrogen (secondary N) is 1. The Morgan fingerprint density at radius 2 is 1.92 bits per heavy atom. The number of hydrogen-bond acceptors (Lipinski definition) is 6. The van der Waals surface area contributed by atoms with Crippen LogP contribution in [0.2, 0.25) is 0 Å². The Balaban J connectivity index is 1.71. The predicted molar refractivity (Wildman–Crippen MR) is 87.6 cm³/mol. The van der Waals surface area contributed by atoms with Crippen molar-refractivity contribution in [1.29, 1.82) is 0 Å². The number of fused-ring (bicyclic) bond motifs is 1. The van der Waals surface area contributed by atoms with E-state index in [0.717, 1.165) is 27.7 Å². The first-order valence-electron chi connectivity index (χ1n) is 7.43. The first-order valence-corrected chi connectivity index (χ1v) is 8.25. The van der Waals surface area contributed by atoms with Gasteiger partial charge in [0.05, 0.1) is 0 Å². The van der Waals surface area contributed by atoms with Gasteiger partial charge in [-0.1, -0.05) is 28.2 Å². The summed E-state index contributed by atoms with van der Waals surface area (Å²) in [7, 11) is 0. The van der Waals surface area contributed by atoms with Crippen molar-refractivity contribution in [3.63, 3.8) is 0 Å². The second kappa shape index (κ2) is 5.72. The molecule has 0 saturated carbocycles. The molecule has 0 fully saturated rings. The summed E-state index contributed by atoms with van der Waals surface area (Å²) in [6.45, 7) is 5.84. The predicted octanol–water partition coefficient (Wildman–Crippen LogP) is 2.67. The lowest BCUT2D eigenvalue weighted by atomic mass is 10.1. The molecule has 0 bridgehead atoms. The number of rotatable bonds is 3. The molecule has 1 aromatic carbocycles. The summed E-state index contributed by atoms with van der Waals surface area (Å²) >= 11 is 1.38. The fourth-order valence-electron chi connectivity index (χ4n) is 2.44. The molecule has 4 aromatic rings. The lowest BCUT2D eigenvalue weighted by molar-refractivity contribution is -0.620. The minimum Gasteiger partial charge on any atom is -0.411 e. The van der Waals surface area contributed by atoms with Crippen molar-refractivity contribution in [2.75, 3.05) is 0 Å². The Labute approximate surface area is 142 Å². The largest absolute Gasteiger partial charge is 0.458 e. The number of aryl methyl sites for hydroxylation is 3. The molecule has 0 aliphatic rings. The van der Waals surface area contributed by atoms with Crippen LogP contribution in [-0.2, 0) is 0 Å². The topological polar surface area (TPSA) is 84.6 Å². The third-order valence-electron chi connectivity index (χ3n) is 3.54. The molecule has 3 aromatic heterocycles. The normalized spacial score (nSPS) is 11.3. The zero-order valence-corrected chi connectivity index (χ0v) is 14.3. The maximum absolute atomic E-state index is 5.82. The molecule has 120 valence electrons. The van der Waals surface area contributed by atoms with E-state index in [1.54, 1.807) is 0 Å². The van der Waals surface area contributed by atoms with Gasteiger partial charge in [0.2, 0.25) is 11.7 Å². The number of benzene rings is 1. The molecule has 0 unspecified atom stereocenters. The Morgan fingerprint density at radius 1 is 1.08 bits per heavy atom. The van der Waals surface area contributed by atoms with Crippen LogP contribution in [0.5, 0.6) is 0 Å². The zero-order valence-electron chi connectivity index (χ0n) is 13.4. The van der Waals surface area contributed by atoms with Gasteiger partial charge in [-0.25, -0.2) is 5.10 Å². The lowest BCUT2D eigenvalue weighted by Gasteiger charge is -1.99. The zero-order chi connectivity index (χ0) is 16.7. The molecule has 0 atom stereocenters. The summed E-state index contributed by atoms with van der Waals surface area (Å²) in [5, 5.41) is 12.8. The van der Waals surface area contributed by atoms with Gasteiger partial charge < -0.3 is 4.42 Å². The Bertz CT molecular complexity index is 1040. The monoisotopic (exact) mass is 339 g/mol. The number of nitrogens with zero attached hydrogens (tertiary/aromatic N) is 5. The van der Waals surface area contributed by atoms with E-state index in [-0.39, 0.29) is 0 Å². The Hall–Kier alpha value is -2.74. The van der Waals surface area contributed by atoms with Gasteiger partial charge in [-0.05, 0) is 25.5 Å². The quantitative estimate of drug-likeness (QED) is 0.456. The van der Waals surface area contributed by atoms with Crippen molar-refractivity contribution in [3.8, 4) is 11.5 Å². The third kappa shape index (κ3) is 2.65. The highest BCUT2D eigenvalue weighted by atomic mass is 32.2. The van der Waals surface area contributed by atoms with E-state index in [0.29, 0.717) is 16.9 Å². The number of hydrogen-bond donors (Lipinski definition) is 1. The molecule has 0 amide bonds. The first-order chi connectivity index (χ1) is 11.6. The van der Waals surface area contributed by atoms with E-state index in [9.17, 15) is 0 Å². The molecule has 7 nitrogen and oxygen atoms in total. The van der Waals surface area contributed by atoms with Crippen LogP contribution >= 0.6 is 11.8 Å². The van der Waals surface area contributed by atoms with Crippen molar-refractivity contribution in [2.24, 2.45) is 0 Å². The van der Waals surface area contributed by atoms with Crippen LogP contribution in [0.1, 0.15) is 17.1 Å². The van der Waals surface area contributed by atoms with Crippen LogP contribution in [0, 0.1) is 20.8 Å². The fraction of sp³-hybridized carbons (Fsp3) is 0.188. The number of aromatic nitrogens is 6. The molecule has 1 N–H and O–H groups in total. The summed E-state index contributed by atoms with van der Waals surface area (Å²) < 4.78 is 7.63. The van der Waals surface area contributed by atoms with E-state index in [2.05, 4.69) is 25.3 Å². The molecule has 24 heavy (non-hydrogen) atoms. The Kier molecular flexibility index (Phi) is 3.53. The summed E-state index contributed by atoms with van der Waals surface area (Å²) in [5.41, 5.74) is 2.92. The average Bonchev–Trinajstić information content (AvgIpc) is 3.14. The van der Waals surface area contributed by atoms with Crippen LogP contribution in [0.4, 0.5) is 0 Å². The molecule has 0 spiro atoms. The van der Waals surface area contributed by atoms with Crippen LogP contribution in [-0.4, -0.2) is 25.3 Å². The van der Waals surface area contributed by atoms with E-state index in [1.807, 2.05) is 55.6 Å². The van der Waals surface area contributed by atoms with Crippen molar-refractivity contribution in [3.05, 3.63) is 47.4 Å². The summed E-state index contributed by atoms with van der Waals surface area (Å²) in [5.74, 6) is 1.93. The molecule has 0 saturated heterocycles. The van der Waals surface area contributed by atoms with Gasteiger partial charge in [0, 0.05) is 30.3 Å². The lowest BCUT2D eigenvalue weighted by Crippen LogP contribution is -2.27. The molecule has 8 heteroatoms. The van der Waals surface area contributed by atoms with Gasteiger partial charge >= 0.3 is 5.78 Å². The van der Waals surface area contributed by atoms with Gasteiger partial charge in [-0.2, -0.15) is 0 Å². The second-order valence-electron chi connectivity index (χ2n) is 5.47. The van der Waals surface area contributed by atoms with Crippen molar-refractivity contribution in [2.45, 2.75) is 31.0 Å². The number of H-pyrrole nitrogens is 1. The number of aromatic amines is 1. The second-order valence-corrected chi connectivity index (χ2v) is 6.44. The Morgan fingerprint density at radius 3 is 2.75 bits per heavy atom. The van der Waals surface area contributed by atoms with E-state index in [4.69, 9.17) is 4.42 Å². The maximum Gasteiger partial charge on any atom is 0.458 e. The molecule has 3 heterocycles. The fourth-order valence-corrected chi connectivity index (χ4v) is 3.27. The van der Waals surface area contributed by atoms with Crippen molar-refractivity contribution < 1.29 is 8.93 Å². The van der Waals surface area contributed by atoms with Crippen LogP contribution in [0.3, 0.4) is 0 Å². The summed E-state index contributed by atoms with van der Waals surface area (Å²) in [4.78, 5) is 8.76. The van der Waals surface area contributed by atoms with Gasteiger partial charge in [0.25, 0.3) is 5.22 Å². The summed E-state index contributed by atoms with van der Waals surface area (Å²) in [6, 6.07) is 9.88. The highest BCUT2D eigenvalue weighted by molar-refractivity contribution is 7.98. The maximum atomic E-state index is 5.82.